The maximum absolute atomic E-state index is 16.3. The summed E-state index contributed by atoms with van der Waals surface area (Å²) in [5.74, 6) is -1.11. The summed E-state index contributed by atoms with van der Waals surface area (Å²) in [6.45, 7) is 3.19. The number of fused-ring (bicyclic) bond motifs is 1. The van der Waals surface area contributed by atoms with E-state index >= 15 is 4.39 Å². The molecular formula is C35H36F4N6O4. The number of pyridine rings is 2. The molecule has 7 rings (SSSR count). The minimum atomic E-state index is -4.45. The number of alkyl halides is 4. The number of benzene rings is 1. The second-order valence-electron chi connectivity index (χ2n) is 13.2. The van der Waals surface area contributed by atoms with Crippen molar-refractivity contribution in [2.45, 2.75) is 75.6 Å². The van der Waals surface area contributed by atoms with E-state index < -0.39 is 29.4 Å². The van der Waals surface area contributed by atoms with Gasteiger partial charge in [0.1, 0.15) is 17.8 Å². The van der Waals surface area contributed by atoms with Gasteiger partial charge in [0.2, 0.25) is 17.7 Å². The molecule has 14 heteroatoms. The zero-order valence-electron chi connectivity index (χ0n) is 26.7. The molecule has 0 spiro atoms. The summed E-state index contributed by atoms with van der Waals surface area (Å²) in [5.41, 5.74) is 1.19. The van der Waals surface area contributed by atoms with Gasteiger partial charge in [0, 0.05) is 76.4 Å². The highest BCUT2D eigenvalue weighted by molar-refractivity contribution is 6.05. The molecule has 1 atom stereocenters. The SMILES string of the molecule is O=C1CCC(N2Cc3cc(C4(F)CCN(Cc5ccc(N6CCC(Oc7cc(C(F)(F)F)ccn7)CC6)cn5)CC4)ccc3C2=O)C(=O)N1. The fraction of sp³-hybridized carbons (Fsp3) is 0.457. The molecule has 2 aromatic heterocycles. The lowest BCUT2D eigenvalue weighted by atomic mass is 9.85. The molecule has 10 nitrogen and oxygen atoms in total. The Kier molecular flexibility index (Phi) is 8.76. The quantitative estimate of drug-likeness (QED) is 0.281. The van der Waals surface area contributed by atoms with E-state index in [1.807, 2.05) is 18.3 Å². The van der Waals surface area contributed by atoms with Crippen molar-refractivity contribution in [3.8, 4) is 5.88 Å². The zero-order valence-corrected chi connectivity index (χ0v) is 26.7. The topological polar surface area (TPSA) is 108 Å². The number of likely N-dealkylation sites (tertiary alicyclic amines) is 1. The molecule has 4 aliphatic heterocycles. The largest absolute Gasteiger partial charge is 0.474 e. The third kappa shape index (κ3) is 6.96. The van der Waals surface area contributed by atoms with E-state index in [9.17, 15) is 27.6 Å². The molecule has 3 saturated heterocycles. The minimum absolute atomic E-state index is 0.0239. The van der Waals surface area contributed by atoms with Gasteiger partial charge in [0.05, 0.1) is 23.1 Å². The van der Waals surface area contributed by atoms with Crippen LogP contribution in [0.4, 0.5) is 23.2 Å². The summed E-state index contributed by atoms with van der Waals surface area (Å²) in [6.07, 6.45) is 0.560. The molecule has 1 aromatic carbocycles. The Bertz CT molecular complexity index is 1740. The molecule has 0 saturated carbocycles. The highest BCUT2D eigenvalue weighted by Crippen LogP contribution is 2.40. The van der Waals surface area contributed by atoms with Crippen molar-refractivity contribution < 1.29 is 36.7 Å². The van der Waals surface area contributed by atoms with E-state index in [-0.39, 0.29) is 43.2 Å². The van der Waals surface area contributed by atoms with Crippen molar-refractivity contribution in [3.05, 3.63) is 82.8 Å². The van der Waals surface area contributed by atoms with Gasteiger partial charge in [-0.2, -0.15) is 13.2 Å². The number of nitrogens with one attached hydrogen (secondary N) is 1. The minimum Gasteiger partial charge on any atom is -0.474 e. The number of aromatic nitrogens is 2. The second kappa shape index (κ2) is 13.0. The van der Waals surface area contributed by atoms with Gasteiger partial charge in [0.25, 0.3) is 5.91 Å². The van der Waals surface area contributed by atoms with E-state index in [1.54, 1.807) is 18.2 Å². The van der Waals surface area contributed by atoms with Gasteiger partial charge in [-0.3, -0.25) is 29.6 Å². The van der Waals surface area contributed by atoms with E-state index in [0.717, 1.165) is 29.7 Å². The Morgan fingerprint density at radius 3 is 2.41 bits per heavy atom. The Balaban J connectivity index is 0.893. The number of hydrogen-bond donors (Lipinski definition) is 1. The average molecular weight is 681 g/mol. The number of amides is 3. The second-order valence-corrected chi connectivity index (χ2v) is 13.2. The van der Waals surface area contributed by atoms with Crippen molar-refractivity contribution in [3.63, 3.8) is 0 Å². The van der Waals surface area contributed by atoms with Crippen molar-refractivity contribution in [2.24, 2.45) is 0 Å². The Labute approximate surface area is 280 Å². The molecule has 3 amide bonds. The van der Waals surface area contributed by atoms with Crippen LogP contribution >= 0.6 is 0 Å². The number of rotatable bonds is 7. The number of ether oxygens (including phenoxy) is 1. The maximum Gasteiger partial charge on any atom is 0.416 e. The molecule has 1 unspecified atom stereocenters. The van der Waals surface area contributed by atoms with Crippen LogP contribution in [0.5, 0.6) is 5.88 Å². The lowest BCUT2D eigenvalue weighted by molar-refractivity contribution is -0.138. The molecule has 3 fully saturated rings. The molecule has 49 heavy (non-hydrogen) atoms. The average Bonchev–Trinajstić information content (AvgIpc) is 3.41. The standard InChI is InChI=1S/C35H36F4N6O4/c36-34(23-1-4-28-22(17-23)20-45(33(28)48)29-5-6-30(46)42-32(29)47)10-15-43(16-11-34)21-25-2-3-26(19-41-25)44-13-8-27(9-14-44)49-31-18-24(7-12-40-31)35(37,38)39/h1-4,7,12,17-19,27,29H,5-6,8-11,13-16,20-21H2,(H,42,46,47). The third-order valence-corrected chi connectivity index (χ3v) is 10.0. The number of hydrogen-bond acceptors (Lipinski definition) is 8. The van der Waals surface area contributed by atoms with Crippen molar-refractivity contribution in [1.29, 1.82) is 0 Å². The van der Waals surface area contributed by atoms with Crippen molar-refractivity contribution in [1.82, 2.24) is 25.1 Å². The molecule has 3 aromatic rings. The number of imide groups is 1. The molecule has 0 bridgehead atoms. The number of carbonyl (C=O) groups is 3. The van der Waals surface area contributed by atoms with Gasteiger partial charge in [-0.1, -0.05) is 12.1 Å². The molecule has 258 valence electrons. The van der Waals surface area contributed by atoms with E-state index in [0.29, 0.717) is 75.1 Å². The van der Waals surface area contributed by atoms with Gasteiger partial charge in [-0.15, -0.1) is 0 Å². The molecular weight excluding hydrogens is 644 g/mol. The fourth-order valence-corrected chi connectivity index (χ4v) is 7.19. The molecule has 4 aliphatic rings. The van der Waals surface area contributed by atoms with E-state index in [1.165, 1.54) is 4.90 Å². The lowest BCUT2D eigenvalue weighted by Crippen LogP contribution is -2.52. The first kappa shape index (κ1) is 32.9. The van der Waals surface area contributed by atoms with Crippen molar-refractivity contribution >= 4 is 23.4 Å². The predicted octanol–water partition coefficient (Wildman–Crippen LogP) is 4.77. The summed E-state index contributed by atoms with van der Waals surface area (Å²) < 4.78 is 61.1. The Morgan fingerprint density at radius 1 is 0.939 bits per heavy atom. The highest BCUT2D eigenvalue weighted by Gasteiger charge is 2.41. The van der Waals surface area contributed by atoms with Crippen LogP contribution in [0.2, 0.25) is 0 Å². The van der Waals surface area contributed by atoms with Crippen LogP contribution in [0.1, 0.15) is 71.3 Å². The van der Waals surface area contributed by atoms with Crippen LogP contribution in [0, 0.1) is 0 Å². The first-order valence-electron chi connectivity index (χ1n) is 16.5. The fourth-order valence-electron chi connectivity index (χ4n) is 7.19. The third-order valence-electron chi connectivity index (χ3n) is 10.0. The summed E-state index contributed by atoms with van der Waals surface area (Å²) in [4.78, 5) is 51.4. The number of anilines is 1. The predicted molar refractivity (Wildman–Crippen MR) is 169 cm³/mol. The van der Waals surface area contributed by atoms with Gasteiger partial charge < -0.3 is 14.5 Å². The van der Waals surface area contributed by atoms with Crippen LogP contribution in [0.15, 0.2) is 54.9 Å². The van der Waals surface area contributed by atoms with Gasteiger partial charge in [-0.05, 0) is 54.7 Å². The maximum atomic E-state index is 16.3. The van der Waals surface area contributed by atoms with Crippen LogP contribution in [-0.4, -0.2) is 75.8 Å². The number of nitrogens with zero attached hydrogens (tertiary/aromatic N) is 5. The first-order chi connectivity index (χ1) is 23.4. The highest BCUT2D eigenvalue weighted by atomic mass is 19.4. The molecule has 1 N–H and O–H groups in total. The number of halogens is 4. The van der Waals surface area contributed by atoms with Crippen LogP contribution in [0.25, 0.3) is 0 Å². The van der Waals surface area contributed by atoms with Gasteiger partial charge in [-0.25, -0.2) is 9.37 Å². The Hall–Kier alpha value is -4.59. The summed E-state index contributed by atoms with van der Waals surface area (Å²) in [6, 6.07) is 10.2. The van der Waals surface area contributed by atoms with Gasteiger partial charge in [0.15, 0.2) is 0 Å². The Morgan fingerprint density at radius 2 is 1.71 bits per heavy atom. The lowest BCUT2D eigenvalue weighted by Gasteiger charge is -2.37. The number of piperidine rings is 3. The normalized spacial score (nSPS) is 21.9. The summed E-state index contributed by atoms with van der Waals surface area (Å²) in [7, 11) is 0. The van der Waals surface area contributed by atoms with Gasteiger partial charge >= 0.3 is 6.18 Å². The van der Waals surface area contributed by atoms with Crippen LogP contribution < -0.4 is 15.0 Å². The number of carbonyl (C=O) groups excluding carboxylic acids is 3. The smallest absolute Gasteiger partial charge is 0.416 e. The summed E-state index contributed by atoms with van der Waals surface area (Å²) >= 11 is 0. The monoisotopic (exact) mass is 680 g/mol. The van der Waals surface area contributed by atoms with Crippen molar-refractivity contribution in [2.75, 3.05) is 31.1 Å². The summed E-state index contributed by atoms with van der Waals surface area (Å²) in [5, 5.41) is 2.30. The van der Waals surface area contributed by atoms with E-state index in [2.05, 4.69) is 25.1 Å². The van der Waals surface area contributed by atoms with E-state index in [4.69, 9.17) is 4.74 Å². The van der Waals surface area contributed by atoms with Crippen LogP contribution in [0.3, 0.4) is 0 Å². The zero-order chi connectivity index (χ0) is 34.3. The molecule has 0 aliphatic carbocycles. The first-order valence-corrected chi connectivity index (χ1v) is 16.5. The molecule has 0 radical (unpaired) electrons. The van der Waals surface area contributed by atoms with Crippen LogP contribution in [-0.2, 0) is 34.5 Å². The molecule has 6 heterocycles.